The molecule has 6 atom stereocenters. The predicted octanol–water partition coefficient (Wildman–Crippen LogP) is 5.51. The van der Waals surface area contributed by atoms with Crippen LogP contribution in [0.15, 0.2) is 0 Å². The summed E-state index contributed by atoms with van der Waals surface area (Å²) in [6.07, 6.45) is 1.02. The number of aliphatic hydroxyl groups excluding tert-OH is 3. The summed E-state index contributed by atoms with van der Waals surface area (Å²) in [4.78, 5) is 42.0. The van der Waals surface area contributed by atoms with E-state index in [9.17, 15) is 39.9 Å². The fraction of sp³-hybridized carbons (Fsp3) is 0.941. The van der Waals surface area contributed by atoms with Crippen molar-refractivity contribution < 1.29 is 44.7 Å². The van der Waals surface area contributed by atoms with Crippen molar-refractivity contribution >= 4 is 17.6 Å². The number of likely N-dealkylation sites (N-methyl/N-ethyl adjacent to an activating group) is 1. The molecule has 0 aromatic heterocycles. The number of aliphatic hydroxyl groups is 5. The van der Waals surface area contributed by atoms with Crippen LogP contribution in [-0.4, -0.2) is 142 Å². The molecule has 0 aliphatic heterocycles. The van der Waals surface area contributed by atoms with E-state index < -0.39 is 67.5 Å². The van der Waals surface area contributed by atoms with Crippen LogP contribution in [-0.2, 0) is 19.1 Å². The first-order valence-electron chi connectivity index (χ1n) is 24.1. The Morgan fingerprint density at radius 2 is 1.25 bits per heavy atom. The van der Waals surface area contributed by atoms with Crippen LogP contribution in [0.1, 0.15) is 165 Å². The van der Waals surface area contributed by atoms with Crippen LogP contribution in [0.3, 0.4) is 0 Å². The van der Waals surface area contributed by atoms with Crippen LogP contribution in [0, 0.1) is 50.7 Å². The van der Waals surface area contributed by atoms with Gasteiger partial charge in [0.15, 0.2) is 5.78 Å². The third-order valence-corrected chi connectivity index (χ3v) is 14.6. The maximum absolute atomic E-state index is 14.5. The highest BCUT2D eigenvalue weighted by atomic mass is 16.5. The Morgan fingerprint density at radius 3 is 1.68 bits per heavy atom. The second kappa shape index (κ2) is 24.2. The number of carbonyl (C=O) groups excluding carboxylic acids is 3. The Bertz CT molecular complexity index is 1480. The average Bonchev–Trinajstić information content (AvgIpc) is 3.10. The first kappa shape index (κ1) is 63.2. The van der Waals surface area contributed by atoms with Gasteiger partial charge in [-0.15, -0.1) is 0 Å². The molecule has 0 heterocycles. The van der Waals surface area contributed by atoms with Crippen LogP contribution in [0.2, 0.25) is 0 Å². The maximum Gasteiger partial charge on any atom is 0.237 e. The molecular weight excluding hydrogens is 827 g/mol. The molecule has 0 rings (SSSR count). The zero-order valence-corrected chi connectivity index (χ0v) is 45.6. The summed E-state index contributed by atoms with van der Waals surface area (Å²) in [7, 11) is 1.63. The second-order valence-corrected chi connectivity index (χ2v) is 25.6. The molecule has 0 bridgehead atoms. The van der Waals surface area contributed by atoms with Crippen LogP contribution >= 0.6 is 0 Å². The van der Waals surface area contributed by atoms with Gasteiger partial charge < -0.3 is 46.2 Å². The highest BCUT2D eigenvalue weighted by molar-refractivity contribution is 5.89. The minimum Gasteiger partial charge on any atom is -0.396 e. The number of Topliss-reactive ketones (excluding diaryl/α,β-unsaturated/α-hetero) is 1. The van der Waals surface area contributed by atoms with Crippen molar-refractivity contribution in [2.75, 3.05) is 59.7 Å². The van der Waals surface area contributed by atoms with Gasteiger partial charge in [-0.1, -0.05) is 83.1 Å². The largest absolute Gasteiger partial charge is 0.396 e. The molecule has 9 N–H and O–H groups in total. The van der Waals surface area contributed by atoms with Crippen molar-refractivity contribution in [3.05, 3.63) is 0 Å². The van der Waals surface area contributed by atoms with Crippen LogP contribution in [0.25, 0.3) is 0 Å². The van der Waals surface area contributed by atoms with E-state index in [1.54, 1.807) is 34.7 Å². The number of ketones is 1. The first-order valence-corrected chi connectivity index (χ1v) is 24.1. The molecule has 0 fully saturated rings. The highest BCUT2D eigenvalue weighted by Gasteiger charge is 2.51. The number of carbonyl (C=O) groups is 3. The van der Waals surface area contributed by atoms with E-state index in [0.717, 1.165) is 0 Å². The van der Waals surface area contributed by atoms with Crippen LogP contribution < -0.4 is 21.3 Å². The number of amides is 2. The molecular formula is C51H103N5O9. The molecule has 14 nitrogen and oxygen atoms in total. The third kappa shape index (κ3) is 19.6. The van der Waals surface area contributed by atoms with E-state index in [4.69, 9.17) is 4.74 Å². The quantitative estimate of drug-likeness (QED) is 0.0383. The predicted molar refractivity (Wildman–Crippen MR) is 264 cm³/mol. The maximum atomic E-state index is 14.5. The van der Waals surface area contributed by atoms with Gasteiger partial charge in [-0.2, -0.15) is 0 Å². The third-order valence-electron chi connectivity index (χ3n) is 14.6. The number of ether oxygens (including phenoxy) is 1. The SMILES string of the molecule is CNC(NC(=O)C(C)(C)CC(C)(C)COCC(C)(C)NC(=O)C(NCCC(C)CO)C(C)CC(C)(C)C(C)(C)N(CC(C(C)(C)O)C(C)(C)CO)CC(C)(C)C(CO)C(C)(C)O)C(C)=O. The van der Waals surface area contributed by atoms with Gasteiger partial charge >= 0.3 is 0 Å². The lowest BCUT2D eigenvalue weighted by molar-refractivity contribution is -0.135. The van der Waals surface area contributed by atoms with E-state index in [1.807, 2.05) is 62.3 Å². The van der Waals surface area contributed by atoms with Crippen molar-refractivity contribution in [3.8, 4) is 0 Å². The molecule has 0 aliphatic carbocycles. The van der Waals surface area contributed by atoms with E-state index in [1.165, 1.54) is 6.92 Å². The monoisotopic (exact) mass is 930 g/mol. The lowest BCUT2D eigenvalue weighted by atomic mass is 9.64. The molecule has 65 heavy (non-hydrogen) atoms. The van der Waals surface area contributed by atoms with Gasteiger partial charge in [0.2, 0.25) is 11.8 Å². The zero-order chi connectivity index (χ0) is 51.6. The van der Waals surface area contributed by atoms with Gasteiger partial charge in [0.25, 0.3) is 0 Å². The molecule has 6 unspecified atom stereocenters. The second-order valence-electron chi connectivity index (χ2n) is 25.6. The molecule has 0 aromatic rings. The lowest BCUT2D eigenvalue weighted by Gasteiger charge is -2.56. The molecule has 0 aromatic carbocycles. The van der Waals surface area contributed by atoms with E-state index in [-0.39, 0.29) is 61.8 Å². The van der Waals surface area contributed by atoms with Gasteiger partial charge in [0.1, 0.15) is 6.17 Å². The number of nitrogens with zero attached hydrogens (tertiary/aromatic N) is 1. The summed E-state index contributed by atoms with van der Waals surface area (Å²) >= 11 is 0. The summed E-state index contributed by atoms with van der Waals surface area (Å²) in [5.74, 6) is -1.55. The van der Waals surface area contributed by atoms with Crippen molar-refractivity contribution in [1.29, 1.82) is 0 Å². The normalized spacial score (nSPS) is 17.0. The number of nitrogens with one attached hydrogen (secondary N) is 4. The van der Waals surface area contributed by atoms with Crippen molar-refractivity contribution in [2.24, 2.45) is 50.7 Å². The molecule has 0 spiro atoms. The molecule has 0 aliphatic rings. The smallest absolute Gasteiger partial charge is 0.237 e. The van der Waals surface area contributed by atoms with Crippen molar-refractivity contribution in [1.82, 2.24) is 26.2 Å². The van der Waals surface area contributed by atoms with Crippen molar-refractivity contribution in [3.63, 3.8) is 0 Å². The van der Waals surface area contributed by atoms with Crippen molar-refractivity contribution in [2.45, 2.75) is 199 Å². The zero-order valence-electron chi connectivity index (χ0n) is 45.6. The summed E-state index contributed by atoms with van der Waals surface area (Å²) in [5.41, 5.74) is -6.57. The summed E-state index contributed by atoms with van der Waals surface area (Å²) in [6.45, 7) is 42.6. The molecule has 386 valence electrons. The lowest BCUT2D eigenvalue weighted by Crippen LogP contribution is -2.63. The Balaban J connectivity index is 6.75. The van der Waals surface area contributed by atoms with Gasteiger partial charge in [0.05, 0.1) is 36.0 Å². The summed E-state index contributed by atoms with van der Waals surface area (Å²) in [5, 5.41) is 66.4. The Hall–Kier alpha value is -1.75. The van der Waals surface area contributed by atoms with Gasteiger partial charge in [-0.05, 0) is 129 Å². The fourth-order valence-corrected chi connectivity index (χ4v) is 10.1. The van der Waals surface area contributed by atoms with Crippen LogP contribution in [0.5, 0.6) is 0 Å². The number of rotatable bonds is 32. The minimum atomic E-state index is -1.17. The average molecular weight is 930 g/mol. The number of hydrogen-bond acceptors (Lipinski definition) is 12. The molecule has 2 amide bonds. The molecule has 0 radical (unpaired) electrons. The molecule has 0 saturated heterocycles. The molecule has 14 heteroatoms. The highest BCUT2D eigenvalue weighted by Crippen LogP contribution is 2.47. The van der Waals surface area contributed by atoms with Gasteiger partial charge in [0, 0.05) is 55.7 Å². The van der Waals surface area contributed by atoms with E-state index in [2.05, 4.69) is 74.6 Å². The fourth-order valence-electron chi connectivity index (χ4n) is 10.1. The minimum absolute atomic E-state index is 0.0439. The topological polar surface area (TPSA) is 213 Å². The Morgan fingerprint density at radius 1 is 0.723 bits per heavy atom. The van der Waals surface area contributed by atoms with Gasteiger partial charge in [-0.25, -0.2) is 0 Å². The van der Waals surface area contributed by atoms with E-state index in [0.29, 0.717) is 45.5 Å². The van der Waals surface area contributed by atoms with Crippen LogP contribution in [0.4, 0.5) is 0 Å². The molecule has 0 saturated carbocycles. The standard InChI is InChI=1S/C51H103N5O9/c1-34(27-57)23-24-53-39(41(61)55-48(14,15)33-65-32-43(4,5)29-44(6,7)42(62)54-40(52-22)36(3)60)35(2)25-47(12,13)51(20,21)56(26-37(49(16,17)63)46(10,11)31-59)30-45(8,9)38(28-58)50(18,19)64/h34-35,37-40,52-53,57-59,63-64H,23-33H2,1-22H3,(H,54,62)(H,55,61). The van der Waals surface area contributed by atoms with E-state index >= 15 is 0 Å². The summed E-state index contributed by atoms with van der Waals surface area (Å²) in [6, 6.07) is -0.598. The Labute approximate surface area is 397 Å². The number of hydrogen-bond donors (Lipinski definition) is 9. The first-order chi connectivity index (χ1) is 29.0. The Kier molecular flexibility index (Phi) is 23.5. The van der Waals surface area contributed by atoms with Gasteiger partial charge in [-0.3, -0.25) is 24.6 Å². The summed E-state index contributed by atoms with van der Waals surface area (Å²) < 4.78 is 6.29.